The summed E-state index contributed by atoms with van der Waals surface area (Å²) in [6.07, 6.45) is 27.0. The molecule has 0 heterocycles. The first-order valence-electron chi connectivity index (χ1n) is 19.3. The van der Waals surface area contributed by atoms with Crippen LogP contribution in [0, 0.1) is 69.5 Å². The van der Waals surface area contributed by atoms with Gasteiger partial charge in [-0.05, 0) is 166 Å². The van der Waals surface area contributed by atoms with Crippen LogP contribution < -0.4 is 0 Å². The maximum absolute atomic E-state index is 4.62. The molecule has 5 rings (SSSR count). The summed E-state index contributed by atoms with van der Waals surface area (Å²) in [4.78, 5) is 0. The minimum Gasteiger partial charge on any atom is -0.0999 e. The summed E-state index contributed by atoms with van der Waals surface area (Å²) in [5, 5.41) is 0. The average Bonchev–Trinajstić information content (AvgIpc) is 3.31. The maximum Gasteiger partial charge on any atom is -0.0237 e. The van der Waals surface area contributed by atoms with Crippen molar-refractivity contribution in [1.29, 1.82) is 0 Å². The first kappa shape index (κ1) is 32.9. The van der Waals surface area contributed by atoms with E-state index in [9.17, 15) is 0 Å². The molecule has 0 radical (unpaired) electrons. The smallest absolute Gasteiger partial charge is 0.0237 e. The Morgan fingerprint density at radius 2 is 1.45 bits per heavy atom. The summed E-state index contributed by atoms with van der Waals surface area (Å²) < 4.78 is 0. The van der Waals surface area contributed by atoms with Gasteiger partial charge in [0.25, 0.3) is 0 Å². The monoisotopic (exact) mass is 577 g/mol. The van der Waals surface area contributed by atoms with Gasteiger partial charge in [0.05, 0.1) is 0 Å². The van der Waals surface area contributed by atoms with Gasteiger partial charge in [-0.15, -0.1) is 0 Å². The van der Waals surface area contributed by atoms with E-state index in [-0.39, 0.29) is 0 Å². The lowest BCUT2D eigenvalue weighted by atomic mass is 9.44. The average molecular weight is 577 g/mol. The number of hydrogen-bond donors (Lipinski definition) is 0. The Morgan fingerprint density at radius 3 is 2.17 bits per heavy atom. The zero-order valence-electron chi connectivity index (χ0n) is 29.5. The van der Waals surface area contributed by atoms with E-state index in [1.807, 2.05) is 0 Å². The van der Waals surface area contributed by atoms with Gasteiger partial charge in [-0.25, -0.2) is 0 Å². The highest BCUT2D eigenvalue weighted by Crippen LogP contribution is 2.68. The van der Waals surface area contributed by atoms with Gasteiger partial charge >= 0.3 is 0 Å². The highest BCUT2D eigenvalue weighted by atomic mass is 14.6. The second-order valence-corrected chi connectivity index (χ2v) is 18.3. The minimum atomic E-state index is 0.429. The van der Waals surface area contributed by atoms with Crippen molar-refractivity contribution in [2.45, 2.75) is 170 Å². The van der Waals surface area contributed by atoms with E-state index < -0.39 is 0 Å². The molecule has 0 heteroatoms. The number of rotatable bonds is 11. The van der Waals surface area contributed by atoms with Gasteiger partial charge in [0, 0.05) is 0 Å². The van der Waals surface area contributed by atoms with Crippen molar-refractivity contribution >= 4 is 0 Å². The fourth-order valence-electron chi connectivity index (χ4n) is 13.1. The quantitative estimate of drug-likeness (QED) is 0.215. The lowest BCUT2D eigenvalue weighted by Gasteiger charge is -2.61. The molecule has 0 aromatic rings. The van der Waals surface area contributed by atoms with Gasteiger partial charge in [-0.2, -0.15) is 0 Å². The van der Waals surface area contributed by atoms with Gasteiger partial charge in [-0.1, -0.05) is 98.5 Å². The normalized spacial score (nSPS) is 45.9. The van der Waals surface area contributed by atoms with E-state index in [4.69, 9.17) is 0 Å². The molecule has 0 spiro atoms. The second-order valence-electron chi connectivity index (χ2n) is 18.3. The predicted molar refractivity (Wildman–Crippen MR) is 184 cm³/mol. The highest BCUT2D eigenvalue weighted by molar-refractivity contribution is 5.11. The Hall–Kier alpha value is -0.520. The molecule has 5 aliphatic rings. The van der Waals surface area contributed by atoms with Crippen molar-refractivity contribution in [3.63, 3.8) is 0 Å². The molecule has 0 saturated heterocycles. The van der Waals surface area contributed by atoms with Crippen molar-refractivity contribution in [3.05, 3.63) is 24.3 Å². The van der Waals surface area contributed by atoms with Crippen molar-refractivity contribution < 1.29 is 0 Å². The summed E-state index contributed by atoms with van der Waals surface area (Å²) in [6, 6.07) is 0. The molecule has 0 aromatic carbocycles. The van der Waals surface area contributed by atoms with E-state index in [2.05, 4.69) is 61.6 Å². The molecule has 0 aliphatic heterocycles. The van der Waals surface area contributed by atoms with Gasteiger partial charge in [0.1, 0.15) is 0 Å². The fraction of sp³-hybridized carbons (Fsp3) is 0.905. The van der Waals surface area contributed by atoms with Gasteiger partial charge in [0.15, 0.2) is 0 Å². The molecule has 240 valence electrons. The first-order chi connectivity index (χ1) is 19.9. The summed E-state index contributed by atoms with van der Waals surface area (Å²) in [6.45, 7) is 27.4. The largest absolute Gasteiger partial charge is 0.0999 e. The Morgan fingerprint density at radius 1 is 0.762 bits per heavy atom. The molecule has 0 amide bonds. The SMILES string of the molecule is C=C(CCC(=C)CC1(C)C(C)CC(CCC)CC1C)CCC(C)C1CCC2C3CCC4CCCCC4(C)C3CCC12C. The van der Waals surface area contributed by atoms with Crippen LogP contribution in [0.15, 0.2) is 24.3 Å². The Kier molecular flexibility index (Phi) is 10.2. The molecular weight excluding hydrogens is 504 g/mol. The zero-order valence-corrected chi connectivity index (χ0v) is 29.5. The molecule has 42 heavy (non-hydrogen) atoms. The molecule has 5 aliphatic carbocycles. The molecule has 5 fully saturated rings. The van der Waals surface area contributed by atoms with Crippen LogP contribution in [0.1, 0.15) is 170 Å². The number of fused-ring (bicyclic) bond motifs is 5. The van der Waals surface area contributed by atoms with Crippen LogP contribution >= 0.6 is 0 Å². The molecule has 10 atom stereocenters. The van der Waals surface area contributed by atoms with E-state index in [0.29, 0.717) is 16.2 Å². The van der Waals surface area contributed by atoms with E-state index in [1.165, 1.54) is 107 Å². The predicted octanol–water partition coefficient (Wildman–Crippen LogP) is 13.2. The topological polar surface area (TPSA) is 0 Å². The van der Waals surface area contributed by atoms with Crippen LogP contribution in [0.5, 0.6) is 0 Å². The summed E-state index contributed by atoms with van der Waals surface area (Å²) in [5.41, 5.74) is 4.69. The number of allylic oxidation sites excluding steroid dienone is 2. The minimum absolute atomic E-state index is 0.429. The van der Waals surface area contributed by atoms with Crippen LogP contribution in [-0.2, 0) is 0 Å². The van der Waals surface area contributed by atoms with E-state index >= 15 is 0 Å². The maximum atomic E-state index is 4.62. The summed E-state index contributed by atoms with van der Waals surface area (Å²) in [5.74, 6) is 8.49. The fourth-order valence-corrected chi connectivity index (χ4v) is 13.1. The van der Waals surface area contributed by atoms with Crippen molar-refractivity contribution in [3.8, 4) is 0 Å². The van der Waals surface area contributed by atoms with Gasteiger partial charge < -0.3 is 0 Å². The van der Waals surface area contributed by atoms with Crippen molar-refractivity contribution in [1.82, 2.24) is 0 Å². The van der Waals surface area contributed by atoms with Crippen LogP contribution in [0.3, 0.4) is 0 Å². The standard InChI is InChI=1S/C42H72/c1-10-13-34-26-32(5)42(9,33(6)27-34)28-30(3)16-15-29(2)17-18-31(4)37-21-22-38-36-20-19-35-14-11-12-24-40(35,7)39(36)23-25-41(37,38)8/h31-39H,2-3,10-28H2,1,4-9H3. The summed E-state index contributed by atoms with van der Waals surface area (Å²) in [7, 11) is 0. The first-order valence-corrected chi connectivity index (χ1v) is 19.3. The van der Waals surface area contributed by atoms with Crippen LogP contribution in [0.4, 0.5) is 0 Å². The van der Waals surface area contributed by atoms with Crippen LogP contribution in [0.2, 0.25) is 0 Å². The Balaban J connectivity index is 1.09. The van der Waals surface area contributed by atoms with E-state index in [1.54, 1.807) is 12.8 Å². The second kappa shape index (κ2) is 13.1. The lowest BCUT2D eigenvalue weighted by molar-refractivity contribution is -0.114. The van der Waals surface area contributed by atoms with Crippen molar-refractivity contribution in [2.75, 3.05) is 0 Å². The lowest BCUT2D eigenvalue weighted by Crippen LogP contribution is -2.53. The Bertz CT molecular complexity index is 928. The Labute approximate surface area is 263 Å². The molecule has 5 saturated carbocycles. The molecule has 0 nitrogen and oxygen atoms in total. The van der Waals surface area contributed by atoms with Crippen LogP contribution in [0.25, 0.3) is 0 Å². The molecule has 0 aromatic heterocycles. The molecule has 0 bridgehead atoms. The molecule has 10 unspecified atom stereocenters. The van der Waals surface area contributed by atoms with E-state index in [0.717, 1.165) is 66.1 Å². The third-order valence-corrected chi connectivity index (χ3v) is 16.1. The molecular formula is C42H72. The number of hydrogen-bond acceptors (Lipinski definition) is 0. The van der Waals surface area contributed by atoms with Gasteiger partial charge in [-0.3, -0.25) is 0 Å². The van der Waals surface area contributed by atoms with Crippen molar-refractivity contribution in [2.24, 2.45) is 69.5 Å². The van der Waals surface area contributed by atoms with Crippen LogP contribution in [-0.4, -0.2) is 0 Å². The zero-order chi connectivity index (χ0) is 30.3. The third-order valence-electron chi connectivity index (χ3n) is 16.1. The third kappa shape index (κ3) is 6.15. The summed E-state index contributed by atoms with van der Waals surface area (Å²) >= 11 is 0. The molecule has 0 N–H and O–H groups in total. The highest BCUT2D eigenvalue weighted by Gasteiger charge is 2.60. The van der Waals surface area contributed by atoms with Gasteiger partial charge in [0.2, 0.25) is 0 Å².